The van der Waals surface area contributed by atoms with Crippen molar-refractivity contribution in [2.45, 2.75) is 147 Å². The molecule has 0 amide bonds. The van der Waals surface area contributed by atoms with E-state index in [2.05, 4.69) is 6.92 Å². The summed E-state index contributed by atoms with van der Waals surface area (Å²) < 4.78 is 11.0. The minimum atomic E-state index is -1.05. The molecule has 31 heavy (non-hydrogen) atoms. The van der Waals surface area contributed by atoms with E-state index in [4.69, 9.17) is 14.6 Å². The number of hydrogen-bond donors (Lipinski definition) is 3. The van der Waals surface area contributed by atoms with Crippen molar-refractivity contribution in [2.24, 2.45) is 0 Å². The molecule has 0 saturated carbocycles. The quantitative estimate of drug-likeness (QED) is 0.191. The first-order valence-electron chi connectivity index (χ1n) is 13.4. The molecule has 1 aliphatic heterocycles. The second-order valence-electron chi connectivity index (χ2n) is 9.46. The molecule has 5 nitrogen and oxygen atoms in total. The average molecular weight is 445 g/mol. The summed E-state index contributed by atoms with van der Waals surface area (Å²) in [4.78, 5) is 0. The van der Waals surface area contributed by atoms with Crippen LogP contribution in [-0.4, -0.2) is 59.6 Å². The van der Waals surface area contributed by atoms with Crippen LogP contribution in [0.4, 0.5) is 0 Å². The lowest BCUT2D eigenvalue weighted by molar-refractivity contribution is -0.0730. The van der Waals surface area contributed by atoms with E-state index < -0.39 is 31.0 Å². The molecule has 186 valence electrons. The van der Waals surface area contributed by atoms with Gasteiger partial charge in [-0.25, -0.2) is 0 Å². The highest BCUT2D eigenvalue weighted by Gasteiger charge is 2.40. The van der Waals surface area contributed by atoms with Gasteiger partial charge in [-0.2, -0.15) is 0 Å². The molecule has 3 N–H and O–H groups in total. The topological polar surface area (TPSA) is 79.2 Å². The fraction of sp³-hybridized carbons (Fsp3) is 1.00. The Balaban J connectivity index is 1.76. The van der Waals surface area contributed by atoms with Crippen molar-refractivity contribution < 1.29 is 24.8 Å². The van der Waals surface area contributed by atoms with Crippen LogP contribution in [0.1, 0.15) is 122 Å². The maximum atomic E-state index is 10.1. The van der Waals surface area contributed by atoms with E-state index in [0.717, 1.165) is 12.8 Å². The fourth-order valence-corrected chi connectivity index (χ4v) is 4.44. The average Bonchev–Trinajstić information content (AvgIpc) is 3.15. The Morgan fingerprint density at radius 2 is 1.16 bits per heavy atom. The molecule has 0 unspecified atom stereocenters. The third-order valence-electron chi connectivity index (χ3n) is 6.57. The van der Waals surface area contributed by atoms with E-state index in [1.165, 1.54) is 103 Å². The summed E-state index contributed by atoms with van der Waals surface area (Å²) in [6.07, 6.45) is 21.4. The molecule has 0 aromatic rings. The highest BCUT2D eigenvalue weighted by atomic mass is 16.6. The predicted octanol–water partition coefficient (Wildman–Crippen LogP) is 5.53. The minimum Gasteiger partial charge on any atom is -0.394 e. The van der Waals surface area contributed by atoms with Crippen LogP contribution in [0.15, 0.2) is 0 Å². The van der Waals surface area contributed by atoms with Crippen molar-refractivity contribution >= 4 is 0 Å². The predicted molar refractivity (Wildman–Crippen MR) is 127 cm³/mol. The Hall–Kier alpha value is -0.200. The van der Waals surface area contributed by atoms with Crippen molar-refractivity contribution in [3.63, 3.8) is 0 Å². The van der Waals surface area contributed by atoms with Gasteiger partial charge in [-0.15, -0.1) is 0 Å². The van der Waals surface area contributed by atoms with Crippen LogP contribution < -0.4 is 0 Å². The second-order valence-corrected chi connectivity index (χ2v) is 9.46. The van der Waals surface area contributed by atoms with Crippen molar-refractivity contribution in [3.8, 4) is 0 Å². The molecule has 0 bridgehead atoms. The van der Waals surface area contributed by atoms with Crippen molar-refractivity contribution in [2.75, 3.05) is 19.8 Å². The minimum absolute atomic E-state index is 0.280. The van der Waals surface area contributed by atoms with Crippen LogP contribution in [-0.2, 0) is 9.47 Å². The first-order chi connectivity index (χ1) is 15.2. The van der Waals surface area contributed by atoms with Gasteiger partial charge in [0.25, 0.3) is 0 Å². The zero-order valence-corrected chi connectivity index (χ0v) is 20.3. The summed E-state index contributed by atoms with van der Waals surface area (Å²) in [5.41, 5.74) is 0. The van der Waals surface area contributed by atoms with E-state index in [9.17, 15) is 10.2 Å². The van der Waals surface area contributed by atoms with Crippen LogP contribution in [0.3, 0.4) is 0 Å². The summed E-state index contributed by atoms with van der Waals surface area (Å²) in [5, 5.41) is 28.6. The van der Waals surface area contributed by atoms with E-state index in [0.29, 0.717) is 6.61 Å². The lowest BCUT2D eigenvalue weighted by Crippen LogP contribution is -2.41. The number of unbranched alkanes of at least 4 members (excludes halogenated alkanes) is 17. The maximum absolute atomic E-state index is 10.1. The molecule has 1 rings (SSSR count). The van der Waals surface area contributed by atoms with Crippen LogP contribution in [0.2, 0.25) is 0 Å². The Labute approximate surface area is 191 Å². The molecule has 0 aromatic carbocycles. The monoisotopic (exact) mass is 444 g/mol. The Morgan fingerprint density at radius 3 is 1.58 bits per heavy atom. The lowest BCUT2D eigenvalue weighted by atomic mass is 10.0. The number of aliphatic hydroxyl groups is 3. The molecule has 1 fully saturated rings. The summed E-state index contributed by atoms with van der Waals surface area (Å²) in [6, 6.07) is 0. The Morgan fingerprint density at radius 1 is 0.742 bits per heavy atom. The van der Waals surface area contributed by atoms with Crippen molar-refractivity contribution in [1.82, 2.24) is 0 Å². The molecule has 5 heteroatoms. The molecular formula is C26H52O5. The van der Waals surface area contributed by atoms with E-state index in [-0.39, 0.29) is 6.61 Å². The SMILES string of the molecule is CCCCCCCCCCCCCCCCCCCCO[C@@H]1CO[C@H]([C@@H](O)CO)[C@@H]1O. The van der Waals surface area contributed by atoms with Crippen molar-refractivity contribution in [1.29, 1.82) is 0 Å². The summed E-state index contributed by atoms with van der Waals surface area (Å²) in [5.74, 6) is 0. The molecule has 1 aliphatic rings. The summed E-state index contributed by atoms with van der Waals surface area (Å²) >= 11 is 0. The highest BCUT2D eigenvalue weighted by Crippen LogP contribution is 2.21. The molecule has 0 spiro atoms. The lowest BCUT2D eigenvalue weighted by Gasteiger charge is -2.20. The number of rotatable bonds is 22. The van der Waals surface area contributed by atoms with Crippen LogP contribution in [0.5, 0.6) is 0 Å². The summed E-state index contributed by atoms with van der Waals surface area (Å²) in [6.45, 7) is 2.77. The maximum Gasteiger partial charge on any atom is 0.114 e. The van der Waals surface area contributed by atoms with Gasteiger partial charge < -0.3 is 24.8 Å². The smallest absolute Gasteiger partial charge is 0.114 e. The van der Waals surface area contributed by atoms with Gasteiger partial charge in [0.2, 0.25) is 0 Å². The molecule has 0 radical (unpaired) electrons. The third kappa shape index (κ3) is 14.5. The standard InChI is InChI=1S/C26H52O5/c1-2-3-4-5-6-7-8-9-10-11-12-13-14-15-16-17-18-19-20-30-24-22-31-26(25(24)29)23(28)21-27/h23-29H,2-22H2,1H3/t23-,24+,25+,26+/m0/s1. The van der Waals surface area contributed by atoms with Gasteiger partial charge >= 0.3 is 0 Å². The van der Waals surface area contributed by atoms with Crippen molar-refractivity contribution in [3.05, 3.63) is 0 Å². The van der Waals surface area contributed by atoms with E-state index in [1.54, 1.807) is 0 Å². The molecule has 0 aromatic heterocycles. The number of ether oxygens (including phenoxy) is 2. The van der Waals surface area contributed by atoms with Gasteiger partial charge in [0.15, 0.2) is 0 Å². The normalized spacial score (nSPS) is 22.3. The molecule has 4 atom stereocenters. The van der Waals surface area contributed by atoms with E-state index in [1.807, 2.05) is 0 Å². The first kappa shape index (κ1) is 28.8. The van der Waals surface area contributed by atoms with Gasteiger partial charge in [0.1, 0.15) is 24.4 Å². The first-order valence-corrected chi connectivity index (χ1v) is 13.4. The molecule has 1 heterocycles. The number of hydrogen-bond acceptors (Lipinski definition) is 5. The Bertz CT molecular complexity index is 379. The van der Waals surface area contributed by atoms with E-state index >= 15 is 0 Å². The molecular weight excluding hydrogens is 392 g/mol. The van der Waals surface area contributed by atoms with Crippen LogP contribution >= 0.6 is 0 Å². The third-order valence-corrected chi connectivity index (χ3v) is 6.57. The molecule has 0 aliphatic carbocycles. The largest absolute Gasteiger partial charge is 0.394 e. The van der Waals surface area contributed by atoms with Gasteiger partial charge in [-0.1, -0.05) is 116 Å². The van der Waals surface area contributed by atoms with Gasteiger partial charge in [0.05, 0.1) is 13.2 Å². The van der Waals surface area contributed by atoms with Crippen LogP contribution in [0, 0.1) is 0 Å². The fourth-order valence-electron chi connectivity index (χ4n) is 4.44. The van der Waals surface area contributed by atoms with Gasteiger partial charge in [-0.3, -0.25) is 0 Å². The van der Waals surface area contributed by atoms with Gasteiger partial charge in [0, 0.05) is 6.61 Å². The Kier molecular flexibility index (Phi) is 19.0. The highest BCUT2D eigenvalue weighted by molar-refractivity contribution is 4.88. The van der Waals surface area contributed by atoms with Crippen LogP contribution in [0.25, 0.3) is 0 Å². The summed E-state index contributed by atoms with van der Waals surface area (Å²) in [7, 11) is 0. The van der Waals surface area contributed by atoms with Gasteiger partial charge in [-0.05, 0) is 6.42 Å². The number of aliphatic hydroxyl groups excluding tert-OH is 3. The molecule has 1 saturated heterocycles. The second kappa shape index (κ2) is 20.4. The zero-order chi connectivity index (χ0) is 22.6. The zero-order valence-electron chi connectivity index (χ0n) is 20.3.